The van der Waals surface area contributed by atoms with Crippen LogP contribution in [0, 0.1) is 0 Å². The van der Waals surface area contributed by atoms with E-state index >= 15 is 0 Å². The van der Waals surface area contributed by atoms with Crippen LogP contribution in [0.4, 0.5) is 0 Å². The third-order valence-corrected chi connectivity index (χ3v) is 2.42. The van der Waals surface area contributed by atoms with Crippen LogP contribution < -0.4 is 5.76 Å². The fraction of sp³-hybridized carbons (Fsp3) is 0.300. The van der Waals surface area contributed by atoms with Crippen molar-refractivity contribution in [2.75, 3.05) is 0 Å². The van der Waals surface area contributed by atoms with Crippen molar-refractivity contribution in [1.29, 1.82) is 0 Å². The molecule has 0 spiro atoms. The number of oxazole rings is 1. The van der Waals surface area contributed by atoms with Crippen molar-refractivity contribution >= 4 is 17.2 Å². The predicted octanol–water partition coefficient (Wildman–Crippen LogP) is 0.809. The van der Waals surface area contributed by atoms with Gasteiger partial charge in [-0.2, -0.15) is 0 Å². The number of carboxylic acids is 1. The van der Waals surface area contributed by atoms with Crippen molar-refractivity contribution in [1.82, 2.24) is 9.55 Å². The summed E-state index contributed by atoms with van der Waals surface area (Å²) in [6.45, 7) is 2.83. The summed E-state index contributed by atoms with van der Waals surface area (Å²) in [5.41, 5.74) is -0.877. The molecule has 2 aromatic heterocycles. The summed E-state index contributed by atoms with van der Waals surface area (Å²) in [5.74, 6) is -1.84. The Balaban J connectivity index is 2.83. The molecule has 0 atom stereocenters. The smallest absolute Gasteiger partial charge is 0.422 e. The Morgan fingerprint density at radius 1 is 1.56 bits per heavy atom. The van der Waals surface area contributed by atoms with Crippen LogP contribution in [0.1, 0.15) is 13.8 Å². The number of hydrogen-bond acceptors (Lipinski definition) is 4. The second kappa shape index (κ2) is 3.19. The van der Waals surface area contributed by atoms with E-state index in [-0.39, 0.29) is 11.2 Å². The maximum absolute atomic E-state index is 11.6. The molecule has 0 unspecified atom stereocenters. The van der Waals surface area contributed by atoms with Gasteiger partial charge in [-0.05, 0) is 26.0 Å². The number of carbonyl (C=O) groups is 1. The van der Waals surface area contributed by atoms with Crippen LogP contribution >= 0.6 is 0 Å². The van der Waals surface area contributed by atoms with Crippen molar-refractivity contribution in [2.45, 2.75) is 19.4 Å². The summed E-state index contributed by atoms with van der Waals surface area (Å²) < 4.78 is 5.95. The van der Waals surface area contributed by atoms with E-state index in [0.29, 0.717) is 0 Å². The molecule has 0 fully saturated rings. The van der Waals surface area contributed by atoms with Crippen LogP contribution in [-0.4, -0.2) is 20.6 Å². The number of aromatic nitrogens is 2. The SMILES string of the molecule is CC(C)(C(=O)O)n1c(=O)oc2cccnc21. The summed E-state index contributed by atoms with van der Waals surface area (Å²) in [4.78, 5) is 26.6. The Morgan fingerprint density at radius 3 is 2.88 bits per heavy atom. The Hall–Kier alpha value is -2.11. The van der Waals surface area contributed by atoms with Crippen molar-refractivity contribution in [3.8, 4) is 0 Å². The fourth-order valence-corrected chi connectivity index (χ4v) is 1.44. The molecule has 0 bridgehead atoms. The van der Waals surface area contributed by atoms with E-state index in [4.69, 9.17) is 9.52 Å². The summed E-state index contributed by atoms with van der Waals surface area (Å²) in [5, 5.41) is 9.07. The molecule has 0 aliphatic heterocycles. The molecule has 0 aromatic carbocycles. The van der Waals surface area contributed by atoms with Gasteiger partial charge in [-0.3, -0.25) is 0 Å². The molecule has 0 radical (unpaired) electrons. The molecule has 6 nitrogen and oxygen atoms in total. The molecule has 0 saturated heterocycles. The van der Waals surface area contributed by atoms with Crippen LogP contribution in [0.15, 0.2) is 27.5 Å². The number of pyridine rings is 1. The molecular weight excluding hydrogens is 212 g/mol. The average molecular weight is 222 g/mol. The van der Waals surface area contributed by atoms with Crippen LogP contribution in [0.2, 0.25) is 0 Å². The Labute approximate surface area is 90.1 Å². The van der Waals surface area contributed by atoms with Gasteiger partial charge in [-0.25, -0.2) is 19.1 Å². The molecule has 0 saturated carbocycles. The third-order valence-electron chi connectivity index (χ3n) is 2.42. The Bertz CT molecular complexity index is 609. The number of hydrogen-bond donors (Lipinski definition) is 1. The van der Waals surface area contributed by atoms with Crippen LogP contribution in [0.25, 0.3) is 11.2 Å². The van der Waals surface area contributed by atoms with E-state index in [1.165, 1.54) is 20.0 Å². The third kappa shape index (κ3) is 1.30. The van der Waals surface area contributed by atoms with Gasteiger partial charge >= 0.3 is 11.7 Å². The summed E-state index contributed by atoms with van der Waals surface area (Å²) in [7, 11) is 0. The van der Waals surface area contributed by atoms with Crippen molar-refractivity contribution in [3.05, 3.63) is 28.9 Å². The van der Waals surface area contributed by atoms with E-state index in [1.54, 1.807) is 12.1 Å². The van der Waals surface area contributed by atoms with Crippen LogP contribution in [0.3, 0.4) is 0 Å². The zero-order chi connectivity index (χ0) is 11.9. The van der Waals surface area contributed by atoms with Crippen molar-refractivity contribution in [2.24, 2.45) is 0 Å². The van der Waals surface area contributed by atoms with Crippen molar-refractivity contribution in [3.63, 3.8) is 0 Å². The first kappa shape index (κ1) is 10.4. The lowest BCUT2D eigenvalue weighted by Crippen LogP contribution is -2.41. The summed E-state index contributed by atoms with van der Waals surface area (Å²) in [6, 6.07) is 3.18. The minimum atomic E-state index is -1.39. The van der Waals surface area contributed by atoms with Gasteiger partial charge < -0.3 is 9.52 Å². The molecule has 2 aromatic rings. The highest BCUT2D eigenvalue weighted by Gasteiger charge is 2.34. The van der Waals surface area contributed by atoms with E-state index in [9.17, 15) is 9.59 Å². The van der Waals surface area contributed by atoms with Crippen LogP contribution in [-0.2, 0) is 10.3 Å². The lowest BCUT2D eigenvalue weighted by Gasteiger charge is -2.19. The van der Waals surface area contributed by atoms with Crippen molar-refractivity contribution < 1.29 is 14.3 Å². The van der Waals surface area contributed by atoms with Gasteiger partial charge in [0.05, 0.1) is 0 Å². The van der Waals surface area contributed by atoms with Gasteiger partial charge in [0.25, 0.3) is 0 Å². The standard InChI is InChI=1S/C10H10N2O4/c1-10(2,8(13)14)12-7-6(16-9(12)15)4-3-5-11-7/h3-5H,1-2H3,(H,13,14). The minimum absolute atomic E-state index is 0.236. The van der Waals surface area contributed by atoms with Gasteiger partial charge in [-0.1, -0.05) is 0 Å². The minimum Gasteiger partial charge on any atom is -0.480 e. The van der Waals surface area contributed by atoms with Gasteiger partial charge in [0, 0.05) is 6.20 Å². The van der Waals surface area contributed by atoms with Gasteiger partial charge in [0.15, 0.2) is 11.2 Å². The molecule has 1 N–H and O–H groups in total. The maximum Gasteiger partial charge on any atom is 0.422 e. The summed E-state index contributed by atoms with van der Waals surface area (Å²) >= 11 is 0. The Kier molecular flexibility index (Phi) is 2.08. The highest BCUT2D eigenvalue weighted by atomic mass is 16.4. The van der Waals surface area contributed by atoms with Crippen LogP contribution in [0.5, 0.6) is 0 Å². The van der Waals surface area contributed by atoms with E-state index in [2.05, 4.69) is 4.98 Å². The largest absolute Gasteiger partial charge is 0.480 e. The molecule has 0 amide bonds. The topological polar surface area (TPSA) is 85.3 Å². The first-order valence-electron chi connectivity index (χ1n) is 4.65. The van der Waals surface area contributed by atoms with E-state index in [1.807, 2.05) is 0 Å². The second-order valence-corrected chi connectivity index (χ2v) is 3.89. The number of carboxylic acid groups (broad SMARTS) is 1. The second-order valence-electron chi connectivity index (χ2n) is 3.89. The van der Waals surface area contributed by atoms with Gasteiger partial charge in [0.1, 0.15) is 5.54 Å². The number of fused-ring (bicyclic) bond motifs is 1. The van der Waals surface area contributed by atoms with E-state index in [0.717, 1.165) is 4.57 Å². The lowest BCUT2D eigenvalue weighted by atomic mass is 10.1. The molecule has 84 valence electrons. The molecule has 0 aliphatic carbocycles. The highest BCUT2D eigenvalue weighted by Crippen LogP contribution is 2.19. The number of rotatable bonds is 2. The van der Waals surface area contributed by atoms with Gasteiger partial charge in [-0.15, -0.1) is 0 Å². The van der Waals surface area contributed by atoms with E-state index < -0.39 is 17.3 Å². The highest BCUT2D eigenvalue weighted by molar-refractivity contribution is 5.79. The number of nitrogens with zero attached hydrogens (tertiary/aromatic N) is 2. The normalized spacial score (nSPS) is 11.9. The van der Waals surface area contributed by atoms with Gasteiger partial charge in [0.2, 0.25) is 0 Å². The first-order valence-corrected chi connectivity index (χ1v) is 4.65. The maximum atomic E-state index is 11.6. The lowest BCUT2D eigenvalue weighted by molar-refractivity contribution is -0.145. The molecule has 2 heterocycles. The quantitative estimate of drug-likeness (QED) is 0.812. The fourth-order valence-electron chi connectivity index (χ4n) is 1.44. The predicted molar refractivity (Wildman–Crippen MR) is 55.2 cm³/mol. The Morgan fingerprint density at radius 2 is 2.25 bits per heavy atom. The molecule has 2 rings (SSSR count). The zero-order valence-corrected chi connectivity index (χ0v) is 8.80. The molecular formula is C10H10N2O4. The molecule has 16 heavy (non-hydrogen) atoms. The molecule has 6 heteroatoms. The average Bonchev–Trinajstić information content (AvgIpc) is 2.53. The monoisotopic (exact) mass is 222 g/mol. The number of aliphatic carboxylic acids is 1. The summed E-state index contributed by atoms with van der Waals surface area (Å²) in [6.07, 6.45) is 1.48. The molecule has 0 aliphatic rings. The zero-order valence-electron chi connectivity index (χ0n) is 8.80. The first-order chi connectivity index (χ1) is 7.44.